The number of rotatable bonds is 9. The SMILES string of the molecule is C=C(C)C(=O)CCCCCCCCC.CC. The molecule has 0 aromatic rings. The molecule has 0 saturated carbocycles. The van der Waals surface area contributed by atoms with Gasteiger partial charge in [0.1, 0.15) is 0 Å². The van der Waals surface area contributed by atoms with Gasteiger partial charge in [-0.1, -0.05) is 65.9 Å². The van der Waals surface area contributed by atoms with Crippen LogP contribution in [0.25, 0.3) is 0 Å². The lowest BCUT2D eigenvalue weighted by Gasteiger charge is -2.00. The first kappa shape index (κ1) is 17.8. The van der Waals surface area contributed by atoms with Crippen LogP contribution in [0.15, 0.2) is 12.2 Å². The van der Waals surface area contributed by atoms with Gasteiger partial charge in [0, 0.05) is 6.42 Å². The van der Waals surface area contributed by atoms with E-state index in [-0.39, 0.29) is 5.78 Å². The number of hydrogen-bond donors (Lipinski definition) is 0. The van der Waals surface area contributed by atoms with E-state index in [0.29, 0.717) is 12.0 Å². The predicted octanol–water partition coefficient (Wildman–Crippen LogP) is 5.30. The van der Waals surface area contributed by atoms with Crippen molar-refractivity contribution in [2.24, 2.45) is 0 Å². The number of Topliss-reactive ketones (excluding diaryl/α,β-unsaturated/α-hetero) is 1. The van der Waals surface area contributed by atoms with Crippen molar-refractivity contribution in [3.63, 3.8) is 0 Å². The first-order chi connectivity index (χ1) is 7.68. The summed E-state index contributed by atoms with van der Waals surface area (Å²) in [6, 6.07) is 0. The minimum absolute atomic E-state index is 0.235. The van der Waals surface area contributed by atoms with Gasteiger partial charge < -0.3 is 0 Å². The van der Waals surface area contributed by atoms with Crippen molar-refractivity contribution in [2.45, 2.75) is 79.1 Å². The molecule has 0 saturated heterocycles. The van der Waals surface area contributed by atoms with Crippen LogP contribution in [0.5, 0.6) is 0 Å². The Balaban J connectivity index is 0. The molecule has 1 nitrogen and oxygen atoms in total. The molecule has 0 unspecified atom stereocenters. The van der Waals surface area contributed by atoms with Crippen molar-refractivity contribution >= 4 is 5.78 Å². The minimum Gasteiger partial charge on any atom is -0.295 e. The standard InChI is InChI=1S/C13H24O.C2H6/c1-4-5-6-7-8-9-10-11-13(14)12(2)3;1-2/h2,4-11H2,1,3H3;1-2H3. The van der Waals surface area contributed by atoms with Crippen LogP contribution < -0.4 is 0 Å². The van der Waals surface area contributed by atoms with Crippen LogP contribution in [0.3, 0.4) is 0 Å². The topological polar surface area (TPSA) is 17.1 Å². The summed E-state index contributed by atoms with van der Waals surface area (Å²) in [7, 11) is 0. The third-order valence-electron chi connectivity index (χ3n) is 2.48. The molecule has 16 heavy (non-hydrogen) atoms. The lowest BCUT2D eigenvalue weighted by Crippen LogP contribution is -1.97. The number of carbonyl (C=O) groups excluding carboxylic acids is 1. The fourth-order valence-electron chi connectivity index (χ4n) is 1.46. The van der Waals surface area contributed by atoms with Gasteiger partial charge in [0.2, 0.25) is 0 Å². The number of unbranched alkanes of at least 4 members (excludes halogenated alkanes) is 6. The zero-order chi connectivity index (χ0) is 12.8. The van der Waals surface area contributed by atoms with Gasteiger partial charge in [-0.05, 0) is 18.9 Å². The van der Waals surface area contributed by atoms with Gasteiger partial charge in [0.25, 0.3) is 0 Å². The van der Waals surface area contributed by atoms with Crippen molar-refractivity contribution in [3.05, 3.63) is 12.2 Å². The normalized spacial score (nSPS) is 9.25. The molecule has 0 radical (unpaired) electrons. The van der Waals surface area contributed by atoms with Crippen molar-refractivity contribution in [1.29, 1.82) is 0 Å². The summed E-state index contributed by atoms with van der Waals surface area (Å²) < 4.78 is 0. The van der Waals surface area contributed by atoms with Crippen molar-refractivity contribution < 1.29 is 4.79 Å². The lowest BCUT2D eigenvalue weighted by molar-refractivity contribution is -0.115. The Bertz CT molecular complexity index is 170. The number of carbonyl (C=O) groups is 1. The van der Waals surface area contributed by atoms with Gasteiger partial charge in [-0.15, -0.1) is 0 Å². The largest absolute Gasteiger partial charge is 0.295 e. The predicted molar refractivity (Wildman–Crippen MR) is 73.8 cm³/mol. The third-order valence-corrected chi connectivity index (χ3v) is 2.48. The highest BCUT2D eigenvalue weighted by molar-refractivity contribution is 5.93. The van der Waals surface area contributed by atoms with E-state index in [1.807, 2.05) is 13.8 Å². The molecule has 96 valence electrons. The summed E-state index contributed by atoms with van der Waals surface area (Å²) in [4.78, 5) is 11.2. The molecule has 0 rings (SSSR count). The van der Waals surface area contributed by atoms with Crippen LogP contribution in [0.2, 0.25) is 0 Å². The van der Waals surface area contributed by atoms with Crippen molar-refractivity contribution in [2.75, 3.05) is 0 Å². The highest BCUT2D eigenvalue weighted by atomic mass is 16.1. The van der Waals surface area contributed by atoms with Gasteiger partial charge in [0.05, 0.1) is 0 Å². The molecule has 0 spiro atoms. The van der Waals surface area contributed by atoms with Crippen LogP contribution in [-0.4, -0.2) is 5.78 Å². The van der Waals surface area contributed by atoms with Crippen LogP contribution >= 0.6 is 0 Å². The van der Waals surface area contributed by atoms with Crippen LogP contribution in [0, 0.1) is 0 Å². The van der Waals surface area contributed by atoms with E-state index in [9.17, 15) is 4.79 Å². The Kier molecular flexibility index (Phi) is 16.0. The average Bonchev–Trinajstić information content (AvgIpc) is 2.30. The summed E-state index contributed by atoms with van der Waals surface area (Å²) in [6.07, 6.45) is 9.55. The average molecular weight is 226 g/mol. The molecule has 0 atom stereocenters. The molecule has 0 aliphatic carbocycles. The summed E-state index contributed by atoms with van der Waals surface area (Å²) in [5.74, 6) is 0.235. The van der Waals surface area contributed by atoms with E-state index in [0.717, 1.165) is 6.42 Å². The van der Waals surface area contributed by atoms with E-state index in [1.165, 1.54) is 38.5 Å². The Labute approximate surface area is 102 Å². The summed E-state index contributed by atoms with van der Waals surface area (Å²) in [6.45, 7) is 11.7. The molecule has 0 aliphatic rings. The molecule has 0 aromatic heterocycles. The zero-order valence-electron chi connectivity index (χ0n) is 11.8. The molecule has 0 aliphatic heterocycles. The number of allylic oxidation sites excluding steroid dienone is 1. The highest BCUT2D eigenvalue weighted by Gasteiger charge is 2.00. The molecule has 0 bridgehead atoms. The van der Waals surface area contributed by atoms with E-state index >= 15 is 0 Å². The Hall–Kier alpha value is -0.590. The third kappa shape index (κ3) is 13.4. The molecule has 0 fully saturated rings. The Morgan fingerprint density at radius 3 is 1.81 bits per heavy atom. The number of hydrogen-bond acceptors (Lipinski definition) is 1. The van der Waals surface area contributed by atoms with Crippen molar-refractivity contribution in [1.82, 2.24) is 0 Å². The van der Waals surface area contributed by atoms with E-state index < -0.39 is 0 Å². The van der Waals surface area contributed by atoms with Crippen LogP contribution in [0.4, 0.5) is 0 Å². The lowest BCUT2D eigenvalue weighted by atomic mass is 10.0. The zero-order valence-corrected chi connectivity index (χ0v) is 11.8. The van der Waals surface area contributed by atoms with Crippen LogP contribution in [-0.2, 0) is 4.79 Å². The molecule has 0 N–H and O–H groups in total. The number of ketones is 1. The smallest absolute Gasteiger partial charge is 0.157 e. The van der Waals surface area contributed by atoms with Gasteiger partial charge in [-0.25, -0.2) is 0 Å². The summed E-state index contributed by atoms with van der Waals surface area (Å²) >= 11 is 0. The second-order valence-electron chi connectivity index (χ2n) is 4.07. The second-order valence-corrected chi connectivity index (χ2v) is 4.07. The van der Waals surface area contributed by atoms with Gasteiger partial charge >= 0.3 is 0 Å². The molecule has 0 aromatic carbocycles. The van der Waals surface area contributed by atoms with Gasteiger partial charge in [0.15, 0.2) is 5.78 Å². The van der Waals surface area contributed by atoms with Crippen LogP contribution in [0.1, 0.15) is 79.1 Å². The fraction of sp³-hybridized carbons (Fsp3) is 0.800. The fourth-order valence-corrected chi connectivity index (χ4v) is 1.46. The summed E-state index contributed by atoms with van der Waals surface area (Å²) in [5, 5.41) is 0. The maximum atomic E-state index is 11.2. The molecule has 0 amide bonds. The van der Waals surface area contributed by atoms with E-state index in [1.54, 1.807) is 6.92 Å². The van der Waals surface area contributed by atoms with E-state index in [2.05, 4.69) is 13.5 Å². The van der Waals surface area contributed by atoms with E-state index in [4.69, 9.17) is 0 Å². The first-order valence-electron chi connectivity index (χ1n) is 6.87. The molecule has 0 heterocycles. The first-order valence-corrected chi connectivity index (χ1v) is 6.87. The molecule has 1 heteroatoms. The molecular formula is C15H30O. The quantitative estimate of drug-likeness (QED) is 0.385. The second kappa shape index (κ2) is 14.4. The Morgan fingerprint density at radius 1 is 0.938 bits per heavy atom. The maximum Gasteiger partial charge on any atom is 0.157 e. The van der Waals surface area contributed by atoms with Gasteiger partial charge in [-0.3, -0.25) is 4.79 Å². The maximum absolute atomic E-state index is 11.2. The van der Waals surface area contributed by atoms with Crippen molar-refractivity contribution in [3.8, 4) is 0 Å². The monoisotopic (exact) mass is 226 g/mol. The van der Waals surface area contributed by atoms with Gasteiger partial charge in [-0.2, -0.15) is 0 Å². The highest BCUT2D eigenvalue weighted by Crippen LogP contribution is 2.09. The summed E-state index contributed by atoms with van der Waals surface area (Å²) in [5.41, 5.74) is 0.705. The minimum atomic E-state index is 0.235. The Morgan fingerprint density at radius 2 is 1.38 bits per heavy atom. The molecular weight excluding hydrogens is 196 g/mol.